The fourth-order valence-electron chi connectivity index (χ4n) is 3.81. The highest BCUT2D eigenvalue weighted by Gasteiger charge is 2.17. The first-order valence-corrected chi connectivity index (χ1v) is 9.28. The first-order chi connectivity index (χ1) is 11.2. The molecule has 5 heteroatoms. The van der Waals surface area contributed by atoms with E-state index in [0.29, 0.717) is 12.6 Å². The number of piperidine rings is 1. The zero-order valence-corrected chi connectivity index (χ0v) is 14.4. The van der Waals surface area contributed by atoms with Gasteiger partial charge in [0.05, 0.1) is 5.69 Å². The van der Waals surface area contributed by atoms with Gasteiger partial charge in [-0.1, -0.05) is 6.42 Å². The highest BCUT2D eigenvalue weighted by atomic mass is 16.2. The van der Waals surface area contributed by atoms with E-state index in [1.165, 1.54) is 49.9 Å². The maximum absolute atomic E-state index is 12.1. The number of fused-ring (bicyclic) bond motifs is 1. The van der Waals surface area contributed by atoms with Crippen molar-refractivity contribution in [3.63, 3.8) is 0 Å². The first kappa shape index (κ1) is 16.5. The number of rotatable bonds is 6. The van der Waals surface area contributed by atoms with Crippen LogP contribution >= 0.6 is 0 Å². The molecule has 0 aromatic carbocycles. The van der Waals surface area contributed by atoms with Crippen molar-refractivity contribution in [2.75, 3.05) is 19.6 Å². The van der Waals surface area contributed by atoms with Gasteiger partial charge in [0.1, 0.15) is 6.54 Å². The van der Waals surface area contributed by atoms with E-state index >= 15 is 0 Å². The van der Waals surface area contributed by atoms with Gasteiger partial charge >= 0.3 is 0 Å². The van der Waals surface area contributed by atoms with Crippen molar-refractivity contribution in [1.29, 1.82) is 0 Å². The molecule has 1 aromatic heterocycles. The fourth-order valence-corrected chi connectivity index (χ4v) is 3.81. The van der Waals surface area contributed by atoms with Crippen molar-refractivity contribution in [3.8, 4) is 0 Å². The minimum absolute atomic E-state index is 0.0801. The second-order valence-electron chi connectivity index (χ2n) is 7.09. The molecule has 1 N–H and O–H groups in total. The summed E-state index contributed by atoms with van der Waals surface area (Å²) < 4.78 is 1.82. The van der Waals surface area contributed by atoms with Gasteiger partial charge in [-0.05, 0) is 64.0 Å². The average molecular weight is 318 g/mol. The smallest absolute Gasteiger partial charge is 0.241 e. The molecule has 1 atom stereocenters. The van der Waals surface area contributed by atoms with Gasteiger partial charge in [0.2, 0.25) is 5.91 Å². The Bertz CT molecular complexity index is 502. The summed E-state index contributed by atoms with van der Waals surface area (Å²) in [6.45, 7) is 5.75. The number of hydrogen-bond acceptors (Lipinski definition) is 3. The summed E-state index contributed by atoms with van der Waals surface area (Å²) in [5.74, 6) is 0.0801. The number of nitrogens with zero attached hydrogens (tertiary/aromatic N) is 3. The van der Waals surface area contributed by atoms with Gasteiger partial charge in [0, 0.05) is 25.3 Å². The lowest BCUT2D eigenvalue weighted by molar-refractivity contribution is -0.121. The van der Waals surface area contributed by atoms with Gasteiger partial charge in [0.25, 0.3) is 0 Å². The summed E-state index contributed by atoms with van der Waals surface area (Å²) in [6.07, 6.45) is 11.8. The van der Waals surface area contributed by atoms with Crippen LogP contribution in [0, 0.1) is 0 Å². The van der Waals surface area contributed by atoms with Crippen LogP contribution in [0.2, 0.25) is 0 Å². The highest BCUT2D eigenvalue weighted by molar-refractivity contribution is 5.75. The molecule has 1 aliphatic carbocycles. The Kier molecular flexibility index (Phi) is 5.70. The topological polar surface area (TPSA) is 50.2 Å². The van der Waals surface area contributed by atoms with Gasteiger partial charge < -0.3 is 10.2 Å². The largest absolute Gasteiger partial charge is 0.354 e. The number of nitrogens with one attached hydrogen (secondary N) is 1. The van der Waals surface area contributed by atoms with Gasteiger partial charge in [0.15, 0.2) is 0 Å². The molecule has 5 nitrogen and oxygen atoms in total. The summed E-state index contributed by atoms with van der Waals surface area (Å²) >= 11 is 0. The van der Waals surface area contributed by atoms with Crippen molar-refractivity contribution >= 4 is 5.91 Å². The Balaban J connectivity index is 1.35. The molecule has 1 saturated heterocycles. The SMILES string of the molecule is C[C@@H]1CCCCN1CCCNC(=O)Cn1cc2c(n1)CCCC2. The van der Waals surface area contributed by atoms with E-state index < -0.39 is 0 Å². The maximum atomic E-state index is 12.1. The number of hydrogen-bond donors (Lipinski definition) is 1. The van der Waals surface area contributed by atoms with Gasteiger partial charge in [-0.15, -0.1) is 0 Å². The molecule has 1 fully saturated rings. The quantitative estimate of drug-likeness (QED) is 0.818. The Hall–Kier alpha value is -1.36. The average Bonchev–Trinajstić information content (AvgIpc) is 2.95. The molecule has 3 rings (SSSR count). The van der Waals surface area contributed by atoms with Gasteiger partial charge in [-0.25, -0.2) is 0 Å². The Morgan fingerprint density at radius 1 is 1.30 bits per heavy atom. The molecular formula is C18H30N4O. The van der Waals surface area contributed by atoms with E-state index in [9.17, 15) is 4.79 Å². The number of aryl methyl sites for hydroxylation is 2. The molecule has 128 valence electrons. The molecule has 1 aliphatic heterocycles. The zero-order chi connectivity index (χ0) is 16.1. The second-order valence-corrected chi connectivity index (χ2v) is 7.09. The van der Waals surface area contributed by atoms with E-state index in [4.69, 9.17) is 0 Å². The lowest BCUT2D eigenvalue weighted by Gasteiger charge is -2.33. The van der Waals surface area contributed by atoms with Crippen molar-refractivity contribution < 1.29 is 4.79 Å². The monoisotopic (exact) mass is 318 g/mol. The standard InChI is InChI=1S/C18H30N4O/c1-15-7-4-5-11-21(15)12-6-10-19-18(23)14-22-13-16-8-2-3-9-17(16)20-22/h13,15H,2-12,14H2,1H3,(H,19,23)/t15-/m1/s1. The van der Waals surface area contributed by atoms with Crippen LogP contribution in [-0.4, -0.2) is 46.3 Å². The van der Waals surface area contributed by atoms with Crippen LogP contribution in [0.25, 0.3) is 0 Å². The Morgan fingerprint density at radius 2 is 2.17 bits per heavy atom. The number of carbonyl (C=O) groups is 1. The van der Waals surface area contributed by atoms with E-state index in [-0.39, 0.29) is 5.91 Å². The third-order valence-electron chi connectivity index (χ3n) is 5.22. The number of carbonyl (C=O) groups excluding carboxylic acids is 1. The van der Waals surface area contributed by atoms with Gasteiger partial charge in [-0.2, -0.15) is 5.10 Å². The van der Waals surface area contributed by atoms with Crippen LogP contribution < -0.4 is 5.32 Å². The lowest BCUT2D eigenvalue weighted by atomic mass is 9.99. The third kappa shape index (κ3) is 4.56. The Labute approximate surface area is 139 Å². The summed E-state index contributed by atoms with van der Waals surface area (Å²) in [5, 5.41) is 7.59. The number of likely N-dealkylation sites (tertiary alicyclic amines) is 1. The molecule has 0 bridgehead atoms. The molecule has 0 saturated carbocycles. The van der Waals surface area contributed by atoms with Crippen molar-refractivity contribution in [2.24, 2.45) is 0 Å². The fraction of sp³-hybridized carbons (Fsp3) is 0.778. The minimum atomic E-state index is 0.0801. The van der Waals surface area contributed by atoms with Gasteiger partial charge in [-0.3, -0.25) is 9.48 Å². The molecule has 2 heterocycles. The normalized spacial score (nSPS) is 21.9. The van der Waals surface area contributed by atoms with Crippen LogP contribution in [0.1, 0.15) is 56.7 Å². The summed E-state index contributed by atoms with van der Waals surface area (Å²) in [4.78, 5) is 14.6. The first-order valence-electron chi connectivity index (χ1n) is 9.28. The van der Waals surface area contributed by atoms with Crippen molar-refractivity contribution in [1.82, 2.24) is 20.0 Å². The van der Waals surface area contributed by atoms with E-state index in [2.05, 4.69) is 28.4 Å². The zero-order valence-electron chi connectivity index (χ0n) is 14.4. The summed E-state index contributed by atoms with van der Waals surface area (Å²) in [6, 6.07) is 0.704. The predicted octanol–water partition coefficient (Wildman–Crippen LogP) is 2.14. The van der Waals surface area contributed by atoms with E-state index in [1.807, 2.05) is 4.68 Å². The molecule has 23 heavy (non-hydrogen) atoms. The number of amides is 1. The van der Waals surface area contributed by atoms with Crippen LogP contribution in [0.3, 0.4) is 0 Å². The van der Waals surface area contributed by atoms with Crippen LogP contribution in [0.5, 0.6) is 0 Å². The van der Waals surface area contributed by atoms with Crippen LogP contribution in [0.4, 0.5) is 0 Å². The Morgan fingerprint density at radius 3 is 3.00 bits per heavy atom. The van der Waals surface area contributed by atoms with Crippen LogP contribution in [0.15, 0.2) is 6.20 Å². The summed E-state index contributed by atoms with van der Waals surface area (Å²) in [7, 11) is 0. The molecule has 1 amide bonds. The number of aromatic nitrogens is 2. The molecule has 1 aromatic rings. The van der Waals surface area contributed by atoms with E-state index in [0.717, 1.165) is 32.4 Å². The minimum Gasteiger partial charge on any atom is -0.354 e. The third-order valence-corrected chi connectivity index (χ3v) is 5.22. The van der Waals surface area contributed by atoms with Crippen molar-refractivity contribution in [3.05, 3.63) is 17.5 Å². The molecule has 0 radical (unpaired) electrons. The predicted molar refractivity (Wildman–Crippen MR) is 91.4 cm³/mol. The van der Waals surface area contributed by atoms with Crippen molar-refractivity contribution in [2.45, 2.75) is 70.9 Å². The highest BCUT2D eigenvalue weighted by Crippen LogP contribution is 2.19. The van der Waals surface area contributed by atoms with Crippen LogP contribution in [-0.2, 0) is 24.2 Å². The van der Waals surface area contributed by atoms with E-state index in [1.54, 1.807) is 0 Å². The molecule has 2 aliphatic rings. The molecule has 0 spiro atoms. The lowest BCUT2D eigenvalue weighted by Crippen LogP contribution is -2.39. The molecular weight excluding hydrogens is 288 g/mol. The summed E-state index contributed by atoms with van der Waals surface area (Å²) in [5.41, 5.74) is 2.53. The maximum Gasteiger partial charge on any atom is 0.241 e. The second kappa shape index (κ2) is 7.95. The molecule has 0 unspecified atom stereocenters.